The van der Waals surface area contributed by atoms with E-state index in [2.05, 4.69) is 5.16 Å². The number of ether oxygens (including phenoxy) is 1. The Morgan fingerprint density at radius 3 is 2.87 bits per heavy atom. The SMILES string of the molecule is Cc1onc(-c2ccccc2Cl)c1C(=O)N1C[C@H]2C[C@@H]1C(=O)O2. The number of fused-ring (bicyclic) bond motifs is 2. The largest absolute Gasteiger partial charge is 0.459 e. The second-order valence-corrected chi connectivity index (χ2v) is 6.12. The molecule has 0 unspecified atom stereocenters. The summed E-state index contributed by atoms with van der Waals surface area (Å²) in [5, 5.41) is 4.48. The zero-order chi connectivity index (χ0) is 16.1. The summed E-state index contributed by atoms with van der Waals surface area (Å²) in [6, 6.07) is 6.61. The Bertz CT molecular complexity index is 816. The molecule has 23 heavy (non-hydrogen) atoms. The number of rotatable bonds is 2. The Hall–Kier alpha value is -2.34. The van der Waals surface area contributed by atoms with E-state index in [0.29, 0.717) is 40.6 Å². The molecule has 0 spiro atoms. The van der Waals surface area contributed by atoms with E-state index in [0.717, 1.165) is 0 Å². The number of morpholine rings is 1. The molecule has 0 aliphatic carbocycles. The van der Waals surface area contributed by atoms with Crippen molar-refractivity contribution in [1.82, 2.24) is 10.1 Å². The molecule has 0 N–H and O–H groups in total. The molecule has 6 nitrogen and oxygen atoms in total. The van der Waals surface area contributed by atoms with Gasteiger partial charge in [-0.3, -0.25) is 4.79 Å². The predicted octanol–water partition coefficient (Wildman–Crippen LogP) is 2.44. The lowest BCUT2D eigenvalue weighted by molar-refractivity contribution is -0.149. The molecule has 2 atom stereocenters. The van der Waals surface area contributed by atoms with Gasteiger partial charge >= 0.3 is 5.97 Å². The summed E-state index contributed by atoms with van der Waals surface area (Å²) in [7, 11) is 0. The molecule has 2 aliphatic rings. The van der Waals surface area contributed by atoms with Crippen LogP contribution in [-0.2, 0) is 9.53 Å². The van der Waals surface area contributed by atoms with Crippen LogP contribution in [0, 0.1) is 6.92 Å². The molecule has 2 aromatic rings. The molecule has 0 saturated carbocycles. The van der Waals surface area contributed by atoms with Gasteiger partial charge in [-0.2, -0.15) is 0 Å². The highest BCUT2D eigenvalue weighted by atomic mass is 35.5. The number of carbonyl (C=O) groups excluding carboxylic acids is 2. The number of halogens is 1. The monoisotopic (exact) mass is 332 g/mol. The minimum atomic E-state index is -0.513. The van der Waals surface area contributed by atoms with Crippen LogP contribution in [0.3, 0.4) is 0 Å². The number of nitrogens with zero attached hydrogens (tertiary/aromatic N) is 2. The third kappa shape index (κ3) is 2.13. The Morgan fingerprint density at radius 2 is 2.17 bits per heavy atom. The molecule has 2 bridgehead atoms. The maximum Gasteiger partial charge on any atom is 0.329 e. The maximum absolute atomic E-state index is 12.9. The third-order valence-electron chi connectivity index (χ3n) is 4.28. The van der Waals surface area contributed by atoms with E-state index in [9.17, 15) is 9.59 Å². The average molecular weight is 333 g/mol. The lowest BCUT2D eigenvalue weighted by Gasteiger charge is -2.25. The molecular weight excluding hydrogens is 320 g/mol. The number of hydrogen-bond acceptors (Lipinski definition) is 5. The zero-order valence-corrected chi connectivity index (χ0v) is 13.0. The van der Waals surface area contributed by atoms with Crippen LogP contribution in [0.4, 0.5) is 0 Å². The fourth-order valence-corrected chi connectivity index (χ4v) is 3.40. The van der Waals surface area contributed by atoms with E-state index in [-0.39, 0.29) is 18.0 Å². The summed E-state index contributed by atoms with van der Waals surface area (Å²) >= 11 is 6.21. The molecule has 0 radical (unpaired) electrons. The van der Waals surface area contributed by atoms with E-state index in [1.165, 1.54) is 4.90 Å². The van der Waals surface area contributed by atoms with Crippen molar-refractivity contribution in [3.05, 3.63) is 40.6 Å². The molecule has 3 heterocycles. The van der Waals surface area contributed by atoms with Crippen LogP contribution >= 0.6 is 11.6 Å². The van der Waals surface area contributed by atoms with Crippen molar-refractivity contribution in [2.24, 2.45) is 0 Å². The van der Waals surface area contributed by atoms with Gasteiger partial charge in [-0.1, -0.05) is 35.0 Å². The summed E-state index contributed by atoms with van der Waals surface area (Å²) in [4.78, 5) is 26.2. The summed E-state index contributed by atoms with van der Waals surface area (Å²) < 4.78 is 10.3. The molecule has 7 heteroatoms. The molecule has 1 amide bonds. The van der Waals surface area contributed by atoms with Gasteiger partial charge in [0.15, 0.2) is 0 Å². The van der Waals surface area contributed by atoms with E-state index >= 15 is 0 Å². The van der Waals surface area contributed by atoms with E-state index in [1.54, 1.807) is 25.1 Å². The number of aromatic nitrogens is 1. The number of amides is 1. The molecule has 2 aliphatic heterocycles. The number of aryl methyl sites for hydroxylation is 1. The lowest BCUT2D eigenvalue weighted by Crippen LogP contribution is -2.44. The summed E-state index contributed by atoms with van der Waals surface area (Å²) in [5.74, 6) is -0.216. The van der Waals surface area contributed by atoms with Gasteiger partial charge in [-0.15, -0.1) is 0 Å². The first kappa shape index (κ1) is 14.3. The standard InChI is InChI=1S/C16H13ClN2O4/c1-8-13(14(18-23-8)10-4-2-3-5-11(10)17)15(20)19-7-9-6-12(19)16(21)22-9/h2-5,9,12H,6-7H2,1H3/t9-,12-/m1/s1. The van der Waals surface area contributed by atoms with Crippen LogP contribution < -0.4 is 0 Å². The first-order valence-electron chi connectivity index (χ1n) is 7.29. The number of benzene rings is 1. The number of esters is 1. The lowest BCUT2D eigenvalue weighted by atomic mass is 10.0. The van der Waals surface area contributed by atoms with Crippen molar-refractivity contribution >= 4 is 23.5 Å². The van der Waals surface area contributed by atoms with Gasteiger partial charge in [-0.05, 0) is 13.0 Å². The highest BCUT2D eigenvalue weighted by Crippen LogP contribution is 2.35. The van der Waals surface area contributed by atoms with Gasteiger partial charge in [-0.25, -0.2) is 4.79 Å². The molecular formula is C16H13ClN2O4. The zero-order valence-electron chi connectivity index (χ0n) is 12.3. The Kier molecular flexibility index (Phi) is 3.16. The van der Waals surface area contributed by atoms with Crippen molar-refractivity contribution in [3.63, 3.8) is 0 Å². The minimum Gasteiger partial charge on any atom is -0.459 e. The van der Waals surface area contributed by atoms with Gasteiger partial charge in [0, 0.05) is 12.0 Å². The van der Waals surface area contributed by atoms with Crippen molar-refractivity contribution in [1.29, 1.82) is 0 Å². The molecule has 1 aromatic carbocycles. The highest BCUT2D eigenvalue weighted by molar-refractivity contribution is 6.33. The van der Waals surface area contributed by atoms with Crippen LogP contribution in [-0.4, -0.2) is 40.6 Å². The van der Waals surface area contributed by atoms with Crippen molar-refractivity contribution < 1.29 is 18.8 Å². The van der Waals surface area contributed by atoms with E-state index < -0.39 is 6.04 Å². The van der Waals surface area contributed by atoms with Crippen molar-refractivity contribution in [2.45, 2.75) is 25.5 Å². The molecule has 118 valence electrons. The summed E-state index contributed by atoms with van der Waals surface area (Å²) in [6.45, 7) is 2.08. The topological polar surface area (TPSA) is 72.6 Å². The maximum atomic E-state index is 12.9. The van der Waals surface area contributed by atoms with E-state index in [4.69, 9.17) is 20.9 Å². The first-order valence-corrected chi connectivity index (χ1v) is 7.66. The molecule has 4 rings (SSSR count). The van der Waals surface area contributed by atoms with Crippen LogP contribution in [0.25, 0.3) is 11.3 Å². The Morgan fingerprint density at radius 1 is 1.39 bits per heavy atom. The third-order valence-corrected chi connectivity index (χ3v) is 4.61. The Labute approximate surface area is 136 Å². The second-order valence-electron chi connectivity index (χ2n) is 5.71. The van der Waals surface area contributed by atoms with Crippen molar-refractivity contribution in [2.75, 3.05) is 6.54 Å². The summed E-state index contributed by atoms with van der Waals surface area (Å²) in [6.07, 6.45) is 0.344. The van der Waals surface area contributed by atoms with Crippen molar-refractivity contribution in [3.8, 4) is 11.3 Å². The van der Waals surface area contributed by atoms with Crippen LogP contribution in [0.15, 0.2) is 28.8 Å². The highest BCUT2D eigenvalue weighted by Gasteiger charge is 2.49. The minimum absolute atomic E-state index is 0.208. The fraction of sp³-hybridized carbons (Fsp3) is 0.312. The van der Waals surface area contributed by atoms with Crippen LogP contribution in [0.5, 0.6) is 0 Å². The molecule has 2 saturated heterocycles. The quantitative estimate of drug-likeness (QED) is 0.790. The molecule has 1 aromatic heterocycles. The van der Waals surface area contributed by atoms with Crippen LogP contribution in [0.2, 0.25) is 5.02 Å². The number of likely N-dealkylation sites (tertiary alicyclic amines) is 1. The predicted molar refractivity (Wildman–Crippen MR) is 81.0 cm³/mol. The van der Waals surface area contributed by atoms with Gasteiger partial charge in [0.1, 0.15) is 29.2 Å². The van der Waals surface area contributed by atoms with E-state index in [1.807, 2.05) is 6.07 Å². The van der Waals surface area contributed by atoms with Crippen LogP contribution in [0.1, 0.15) is 22.5 Å². The smallest absolute Gasteiger partial charge is 0.329 e. The second kappa shape index (κ2) is 5.09. The summed E-state index contributed by atoms with van der Waals surface area (Å²) in [5.41, 5.74) is 1.37. The number of hydrogen-bond donors (Lipinski definition) is 0. The normalized spacial score (nSPS) is 22.5. The fourth-order valence-electron chi connectivity index (χ4n) is 3.18. The van der Waals surface area contributed by atoms with Gasteiger partial charge in [0.05, 0.1) is 11.6 Å². The molecule has 2 fully saturated rings. The first-order chi connectivity index (χ1) is 11.1. The van der Waals surface area contributed by atoms with Gasteiger partial charge < -0.3 is 14.2 Å². The number of carbonyl (C=O) groups is 2. The van der Waals surface area contributed by atoms with Gasteiger partial charge in [0.25, 0.3) is 5.91 Å². The average Bonchev–Trinajstić information content (AvgIpc) is 3.20. The Balaban J connectivity index is 1.75. The van der Waals surface area contributed by atoms with Gasteiger partial charge in [0.2, 0.25) is 0 Å².